The Morgan fingerprint density at radius 1 is 1.14 bits per heavy atom. The van der Waals surface area contributed by atoms with Crippen molar-refractivity contribution >= 4 is 23.0 Å². The molecular weight excluding hydrogens is 274 g/mol. The number of likely N-dealkylation sites (N-methyl/N-ethyl adjacent to an activating group) is 1. The number of benzene rings is 2. The summed E-state index contributed by atoms with van der Waals surface area (Å²) in [4.78, 5) is 14.7. The van der Waals surface area contributed by atoms with Crippen molar-refractivity contribution in [2.24, 2.45) is 0 Å². The zero-order valence-electron chi connectivity index (χ0n) is 13.1. The highest BCUT2D eigenvalue weighted by atomic mass is 16.2. The first-order chi connectivity index (χ1) is 10.7. The minimum Gasteiger partial charge on any atom is -0.399 e. The number of nitrogens with zero attached hydrogens (tertiary/aromatic N) is 1. The second-order valence-electron chi connectivity index (χ2n) is 5.16. The Labute approximate surface area is 131 Å². The number of amides is 1. The number of carbonyl (C=O) groups excluding carboxylic acids is 1. The lowest BCUT2D eigenvalue weighted by Gasteiger charge is -2.31. The van der Waals surface area contributed by atoms with Crippen molar-refractivity contribution < 1.29 is 4.79 Å². The molecule has 0 fully saturated rings. The maximum absolute atomic E-state index is 12.6. The number of nitrogen functional groups attached to an aromatic ring is 1. The van der Waals surface area contributed by atoms with Crippen LogP contribution in [0.3, 0.4) is 0 Å². The molecule has 1 unspecified atom stereocenters. The molecule has 0 saturated heterocycles. The van der Waals surface area contributed by atoms with Crippen LogP contribution >= 0.6 is 0 Å². The molecule has 0 aliphatic rings. The molecule has 2 rings (SSSR count). The number of anilines is 3. The molecule has 0 aromatic heterocycles. The molecule has 0 saturated carbocycles. The molecule has 0 aliphatic heterocycles. The van der Waals surface area contributed by atoms with Gasteiger partial charge >= 0.3 is 0 Å². The molecule has 2 aromatic carbocycles. The molecule has 1 amide bonds. The van der Waals surface area contributed by atoms with E-state index in [1.54, 1.807) is 12.1 Å². The summed E-state index contributed by atoms with van der Waals surface area (Å²) in [5.41, 5.74) is 8.18. The largest absolute Gasteiger partial charge is 0.399 e. The average Bonchev–Trinajstić information content (AvgIpc) is 2.53. The van der Waals surface area contributed by atoms with Gasteiger partial charge in [0.25, 0.3) is 0 Å². The van der Waals surface area contributed by atoms with E-state index in [0.717, 1.165) is 24.3 Å². The van der Waals surface area contributed by atoms with Crippen LogP contribution in [0.1, 0.15) is 20.3 Å². The smallest absolute Gasteiger partial charge is 0.247 e. The second kappa shape index (κ2) is 7.50. The van der Waals surface area contributed by atoms with E-state index in [1.165, 1.54) is 0 Å². The van der Waals surface area contributed by atoms with Crippen molar-refractivity contribution in [3.8, 4) is 0 Å². The van der Waals surface area contributed by atoms with E-state index in [2.05, 4.69) is 17.1 Å². The number of para-hydroxylation sites is 1. The van der Waals surface area contributed by atoms with Gasteiger partial charge in [-0.05, 0) is 43.7 Å². The lowest BCUT2D eigenvalue weighted by Crippen LogP contribution is -2.43. The number of hydrogen-bond donors (Lipinski definition) is 2. The molecule has 0 aliphatic carbocycles. The number of hydrogen-bond acceptors (Lipinski definition) is 3. The summed E-state index contributed by atoms with van der Waals surface area (Å²) in [5.74, 6) is -0.0150. The number of nitrogens with two attached hydrogens (primary N) is 1. The molecule has 4 heteroatoms. The standard InChI is InChI=1S/C18H23N3O/c1-3-17(21(4-2)16-11-6-5-7-12-16)18(22)20-15-10-8-9-14(19)13-15/h5-13,17H,3-4,19H2,1-2H3,(H,20,22). The fourth-order valence-electron chi connectivity index (χ4n) is 2.59. The number of rotatable bonds is 6. The average molecular weight is 297 g/mol. The molecule has 0 spiro atoms. The molecule has 0 heterocycles. The van der Waals surface area contributed by atoms with Crippen LogP contribution in [0.15, 0.2) is 54.6 Å². The quantitative estimate of drug-likeness (QED) is 0.802. The summed E-state index contributed by atoms with van der Waals surface area (Å²) in [6.07, 6.45) is 0.733. The Morgan fingerprint density at radius 3 is 2.45 bits per heavy atom. The minimum atomic E-state index is -0.214. The number of nitrogens with one attached hydrogen (secondary N) is 1. The van der Waals surface area contributed by atoms with Gasteiger partial charge in [-0.25, -0.2) is 0 Å². The van der Waals surface area contributed by atoms with Gasteiger partial charge in [-0.1, -0.05) is 31.2 Å². The third kappa shape index (κ3) is 3.79. The van der Waals surface area contributed by atoms with Gasteiger partial charge in [-0.15, -0.1) is 0 Å². The van der Waals surface area contributed by atoms with Crippen molar-refractivity contribution in [3.05, 3.63) is 54.6 Å². The van der Waals surface area contributed by atoms with E-state index < -0.39 is 0 Å². The van der Waals surface area contributed by atoms with Crippen LogP contribution in [0, 0.1) is 0 Å². The second-order valence-corrected chi connectivity index (χ2v) is 5.16. The summed E-state index contributed by atoms with van der Waals surface area (Å²) in [7, 11) is 0. The Morgan fingerprint density at radius 2 is 1.86 bits per heavy atom. The van der Waals surface area contributed by atoms with Crippen molar-refractivity contribution in [2.45, 2.75) is 26.3 Å². The Balaban J connectivity index is 2.17. The Hall–Kier alpha value is -2.49. The first kappa shape index (κ1) is 15.9. The van der Waals surface area contributed by atoms with Gasteiger partial charge in [0, 0.05) is 23.6 Å². The van der Waals surface area contributed by atoms with Gasteiger partial charge in [0.15, 0.2) is 0 Å². The summed E-state index contributed by atoms with van der Waals surface area (Å²) < 4.78 is 0. The number of carbonyl (C=O) groups is 1. The van der Waals surface area contributed by atoms with Gasteiger partial charge in [0.2, 0.25) is 5.91 Å². The van der Waals surface area contributed by atoms with Crippen molar-refractivity contribution in [1.82, 2.24) is 0 Å². The van der Waals surface area contributed by atoms with Gasteiger partial charge in [-0.2, -0.15) is 0 Å². The molecule has 3 N–H and O–H groups in total. The van der Waals surface area contributed by atoms with E-state index in [1.807, 2.05) is 49.4 Å². The molecule has 4 nitrogen and oxygen atoms in total. The summed E-state index contributed by atoms with van der Waals surface area (Å²) in [5, 5.41) is 2.96. The van der Waals surface area contributed by atoms with Crippen LogP contribution in [0.5, 0.6) is 0 Å². The normalized spacial score (nSPS) is 11.7. The molecule has 22 heavy (non-hydrogen) atoms. The maximum Gasteiger partial charge on any atom is 0.247 e. The van der Waals surface area contributed by atoms with E-state index >= 15 is 0 Å². The highest BCUT2D eigenvalue weighted by molar-refractivity contribution is 5.97. The fourth-order valence-corrected chi connectivity index (χ4v) is 2.59. The highest BCUT2D eigenvalue weighted by Gasteiger charge is 2.23. The third-order valence-corrected chi connectivity index (χ3v) is 3.65. The third-order valence-electron chi connectivity index (χ3n) is 3.65. The molecule has 1 atom stereocenters. The molecule has 0 radical (unpaired) electrons. The fraction of sp³-hybridized carbons (Fsp3) is 0.278. The van der Waals surface area contributed by atoms with Crippen LogP contribution in [-0.4, -0.2) is 18.5 Å². The lowest BCUT2D eigenvalue weighted by atomic mass is 10.1. The zero-order chi connectivity index (χ0) is 15.9. The van der Waals surface area contributed by atoms with Gasteiger partial charge in [0.05, 0.1) is 0 Å². The van der Waals surface area contributed by atoms with Gasteiger partial charge in [-0.3, -0.25) is 4.79 Å². The van der Waals surface area contributed by atoms with Crippen molar-refractivity contribution in [1.29, 1.82) is 0 Å². The highest BCUT2D eigenvalue weighted by Crippen LogP contribution is 2.20. The SMILES string of the molecule is CCC(C(=O)Nc1cccc(N)c1)N(CC)c1ccccc1. The topological polar surface area (TPSA) is 58.4 Å². The van der Waals surface area contributed by atoms with Crippen LogP contribution < -0.4 is 16.0 Å². The van der Waals surface area contributed by atoms with Crippen LogP contribution in [0.2, 0.25) is 0 Å². The minimum absolute atomic E-state index is 0.0150. The first-order valence-electron chi connectivity index (χ1n) is 7.63. The Bertz CT molecular complexity index is 613. The summed E-state index contributed by atoms with van der Waals surface area (Å²) in [6, 6.07) is 17.0. The van der Waals surface area contributed by atoms with E-state index in [-0.39, 0.29) is 11.9 Å². The van der Waals surface area contributed by atoms with Gasteiger partial charge in [0.1, 0.15) is 6.04 Å². The first-order valence-corrected chi connectivity index (χ1v) is 7.63. The summed E-state index contributed by atoms with van der Waals surface area (Å²) in [6.45, 7) is 4.85. The van der Waals surface area contributed by atoms with Crippen LogP contribution in [0.4, 0.5) is 17.1 Å². The molecule has 0 bridgehead atoms. The van der Waals surface area contributed by atoms with Crippen molar-refractivity contribution in [2.75, 3.05) is 22.5 Å². The van der Waals surface area contributed by atoms with Crippen LogP contribution in [0.25, 0.3) is 0 Å². The predicted octanol–water partition coefficient (Wildman–Crippen LogP) is 3.51. The Kier molecular flexibility index (Phi) is 5.42. The molecular formula is C18H23N3O. The monoisotopic (exact) mass is 297 g/mol. The summed E-state index contributed by atoms with van der Waals surface area (Å²) >= 11 is 0. The molecule has 2 aromatic rings. The molecule has 116 valence electrons. The van der Waals surface area contributed by atoms with E-state index in [4.69, 9.17) is 5.73 Å². The van der Waals surface area contributed by atoms with Gasteiger partial charge < -0.3 is 16.0 Å². The lowest BCUT2D eigenvalue weighted by molar-refractivity contribution is -0.117. The van der Waals surface area contributed by atoms with Crippen molar-refractivity contribution in [3.63, 3.8) is 0 Å². The van der Waals surface area contributed by atoms with Crippen LogP contribution in [-0.2, 0) is 4.79 Å². The maximum atomic E-state index is 12.6. The zero-order valence-corrected chi connectivity index (χ0v) is 13.1. The van der Waals surface area contributed by atoms with E-state index in [9.17, 15) is 4.79 Å². The predicted molar refractivity (Wildman–Crippen MR) is 93.0 cm³/mol. The van der Waals surface area contributed by atoms with E-state index in [0.29, 0.717) is 5.69 Å².